The van der Waals surface area contributed by atoms with E-state index >= 15 is 0 Å². The van der Waals surface area contributed by atoms with Crippen LogP contribution in [0.4, 0.5) is 0 Å². The van der Waals surface area contributed by atoms with Crippen molar-refractivity contribution in [2.45, 2.75) is 19.1 Å². The van der Waals surface area contributed by atoms with Crippen molar-refractivity contribution in [2.24, 2.45) is 0 Å². The lowest BCUT2D eigenvalue weighted by atomic mass is 10.1. The molecule has 1 amide bonds. The SMILES string of the molecule is CCSCc1ccccc1C(=O)NCCc1ccccc1. The number of carbonyl (C=O) groups excluding carboxylic acids is 1. The van der Waals surface area contributed by atoms with Gasteiger partial charge in [0.25, 0.3) is 5.91 Å². The van der Waals surface area contributed by atoms with E-state index in [1.807, 2.05) is 54.2 Å². The minimum atomic E-state index is 0.0261. The summed E-state index contributed by atoms with van der Waals surface area (Å²) in [6.45, 7) is 2.80. The molecular formula is C18H21NOS. The summed E-state index contributed by atoms with van der Waals surface area (Å²) in [7, 11) is 0. The molecule has 0 atom stereocenters. The fourth-order valence-corrected chi connectivity index (χ4v) is 2.82. The van der Waals surface area contributed by atoms with Crippen molar-refractivity contribution in [3.05, 3.63) is 71.3 Å². The largest absolute Gasteiger partial charge is 0.352 e. The van der Waals surface area contributed by atoms with Crippen LogP contribution in [0.15, 0.2) is 54.6 Å². The van der Waals surface area contributed by atoms with Crippen LogP contribution in [-0.2, 0) is 12.2 Å². The second-order valence-electron chi connectivity index (χ2n) is 4.79. The minimum Gasteiger partial charge on any atom is -0.352 e. The molecule has 0 bridgehead atoms. The zero-order chi connectivity index (χ0) is 14.9. The normalized spacial score (nSPS) is 10.3. The first kappa shape index (κ1) is 15.6. The third kappa shape index (κ3) is 4.94. The predicted octanol–water partition coefficient (Wildman–Crippen LogP) is 3.91. The molecule has 0 saturated carbocycles. The standard InChI is InChI=1S/C18H21NOS/c1-2-21-14-16-10-6-7-11-17(16)18(20)19-13-12-15-8-4-3-5-9-15/h3-11H,2,12-14H2,1H3,(H,19,20). The molecule has 1 N–H and O–H groups in total. The van der Waals surface area contributed by atoms with Gasteiger partial charge >= 0.3 is 0 Å². The van der Waals surface area contributed by atoms with Crippen molar-refractivity contribution >= 4 is 17.7 Å². The monoisotopic (exact) mass is 299 g/mol. The molecule has 3 heteroatoms. The molecule has 0 aliphatic heterocycles. The van der Waals surface area contributed by atoms with Crippen molar-refractivity contribution in [3.8, 4) is 0 Å². The van der Waals surface area contributed by atoms with E-state index < -0.39 is 0 Å². The molecule has 0 aliphatic rings. The highest BCUT2D eigenvalue weighted by Crippen LogP contribution is 2.16. The van der Waals surface area contributed by atoms with E-state index in [0.29, 0.717) is 6.54 Å². The van der Waals surface area contributed by atoms with Gasteiger partial charge in [-0.2, -0.15) is 11.8 Å². The third-order valence-electron chi connectivity index (χ3n) is 3.27. The number of benzene rings is 2. The molecule has 0 heterocycles. The van der Waals surface area contributed by atoms with Gasteiger partial charge < -0.3 is 5.32 Å². The number of rotatable bonds is 7. The van der Waals surface area contributed by atoms with Crippen LogP contribution in [0.1, 0.15) is 28.4 Å². The number of hydrogen-bond donors (Lipinski definition) is 1. The van der Waals surface area contributed by atoms with Gasteiger partial charge in [-0.05, 0) is 29.4 Å². The zero-order valence-corrected chi connectivity index (χ0v) is 13.2. The lowest BCUT2D eigenvalue weighted by Gasteiger charge is -2.10. The van der Waals surface area contributed by atoms with Crippen LogP contribution in [-0.4, -0.2) is 18.2 Å². The van der Waals surface area contributed by atoms with Crippen molar-refractivity contribution < 1.29 is 4.79 Å². The van der Waals surface area contributed by atoms with E-state index in [1.165, 1.54) is 5.56 Å². The Morgan fingerprint density at radius 3 is 2.52 bits per heavy atom. The molecular weight excluding hydrogens is 278 g/mol. The van der Waals surface area contributed by atoms with Crippen molar-refractivity contribution in [1.29, 1.82) is 0 Å². The lowest BCUT2D eigenvalue weighted by Crippen LogP contribution is -2.26. The predicted molar refractivity (Wildman–Crippen MR) is 90.8 cm³/mol. The number of amides is 1. The van der Waals surface area contributed by atoms with E-state index in [9.17, 15) is 4.79 Å². The second-order valence-corrected chi connectivity index (χ2v) is 6.06. The highest BCUT2D eigenvalue weighted by atomic mass is 32.2. The minimum absolute atomic E-state index is 0.0261. The average Bonchev–Trinajstić information content (AvgIpc) is 2.54. The Labute approximate surface area is 131 Å². The molecule has 0 aromatic heterocycles. The first-order valence-corrected chi connectivity index (χ1v) is 8.44. The summed E-state index contributed by atoms with van der Waals surface area (Å²) in [5.74, 6) is 1.97. The Morgan fingerprint density at radius 1 is 1.05 bits per heavy atom. The van der Waals surface area contributed by atoms with E-state index in [0.717, 1.165) is 29.1 Å². The van der Waals surface area contributed by atoms with E-state index in [2.05, 4.69) is 24.4 Å². The summed E-state index contributed by atoms with van der Waals surface area (Å²) in [6.07, 6.45) is 0.860. The summed E-state index contributed by atoms with van der Waals surface area (Å²) < 4.78 is 0. The third-order valence-corrected chi connectivity index (χ3v) is 4.19. The lowest BCUT2D eigenvalue weighted by molar-refractivity contribution is 0.0953. The Hall–Kier alpha value is -1.74. The van der Waals surface area contributed by atoms with Crippen molar-refractivity contribution in [1.82, 2.24) is 5.32 Å². The highest BCUT2D eigenvalue weighted by Gasteiger charge is 2.09. The first-order chi connectivity index (χ1) is 10.3. The number of thioether (sulfide) groups is 1. The van der Waals surface area contributed by atoms with Gasteiger partial charge in [-0.1, -0.05) is 55.5 Å². The summed E-state index contributed by atoms with van der Waals surface area (Å²) >= 11 is 1.83. The molecule has 0 radical (unpaired) electrons. The van der Waals surface area contributed by atoms with Gasteiger partial charge in [-0.25, -0.2) is 0 Å². The van der Waals surface area contributed by atoms with E-state index in [-0.39, 0.29) is 5.91 Å². The van der Waals surface area contributed by atoms with E-state index in [4.69, 9.17) is 0 Å². The molecule has 0 unspecified atom stereocenters. The van der Waals surface area contributed by atoms with E-state index in [1.54, 1.807) is 0 Å². The Bertz CT molecular complexity index is 568. The van der Waals surface area contributed by atoms with Gasteiger partial charge in [-0.15, -0.1) is 0 Å². The molecule has 0 saturated heterocycles. The van der Waals surface area contributed by atoms with Crippen LogP contribution >= 0.6 is 11.8 Å². The molecule has 2 aromatic carbocycles. The van der Waals surface area contributed by atoms with Crippen LogP contribution in [0.2, 0.25) is 0 Å². The molecule has 2 rings (SSSR count). The van der Waals surface area contributed by atoms with Crippen molar-refractivity contribution in [3.63, 3.8) is 0 Å². The highest BCUT2D eigenvalue weighted by molar-refractivity contribution is 7.98. The summed E-state index contributed by atoms with van der Waals surface area (Å²) in [6, 6.07) is 18.1. The average molecular weight is 299 g/mol. The van der Waals surface area contributed by atoms with Crippen LogP contribution in [0.5, 0.6) is 0 Å². The zero-order valence-electron chi connectivity index (χ0n) is 12.3. The molecule has 2 nitrogen and oxygen atoms in total. The smallest absolute Gasteiger partial charge is 0.251 e. The first-order valence-electron chi connectivity index (χ1n) is 7.29. The van der Waals surface area contributed by atoms with Gasteiger partial charge in [-0.3, -0.25) is 4.79 Å². The number of nitrogens with one attached hydrogen (secondary N) is 1. The Morgan fingerprint density at radius 2 is 1.76 bits per heavy atom. The second kappa shape index (κ2) is 8.53. The number of carbonyl (C=O) groups is 1. The van der Waals surface area contributed by atoms with Gasteiger partial charge in [0.15, 0.2) is 0 Å². The van der Waals surface area contributed by atoms with Gasteiger partial charge in [0, 0.05) is 17.9 Å². The van der Waals surface area contributed by atoms with Crippen molar-refractivity contribution in [2.75, 3.05) is 12.3 Å². The molecule has 0 fully saturated rings. The maximum absolute atomic E-state index is 12.3. The van der Waals surface area contributed by atoms with Crippen LogP contribution in [0, 0.1) is 0 Å². The van der Waals surface area contributed by atoms with Crippen LogP contribution in [0.3, 0.4) is 0 Å². The van der Waals surface area contributed by atoms with Crippen LogP contribution < -0.4 is 5.32 Å². The summed E-state index contributed by atoms with van der Waals surface area (Å²) in [5, 5.41) is 3.02. The topological polar surface area (TPSA) is 29.1 Å². The summed E-state index contributed by atoms with van der Waals surface area (Å²) in [4.78, 5) is 12.3. The molecule has 2 aromatic rings. The maximum atomic E-state index is 12.3. The maximum Gasteiger partial charge on any atom is 0.251 e. The molecule has 0 aliphatic carbocycles. The van der Waals surface area contributed by atoms with Gasteiger partial charge in [0.2, 0.25) is 0 Å². The van der Waals surface area contributed by atoms with Crippen LogP contribution in [0.25, 0.3) is 0 Å². The fraction of sp³-hybridized carbons (Fsp3) is 0.278. The molecule has 0 spiro atoms. The quantitative estimate of drug-likeness (QED) is 0.840. The summed E-state index contributed by atoms with van der Waals surface area (Å²) in [5.41, 5.74) is 3.15. The number of hydrogen-bond acceptors (Lipinski definition) is 2. The Balaban J connectivity index is 1.91. The fourth-order valence-electron chi connectivity index (χ4n) is 2.14. The Kier molecular flexibility index (Phi) is 6.35. The molecule has 21 heavy (non-hydrogen) atoms. The molecule has 110 valence electrons. The van der Waals surface area contributed by atoms with Gasteiger partial charge in [0.05, 0.1) is 0 Å². The van der Waals surface area contributed by atoms with Gasteiger partial charge in [0.1, 0.15) is 0 Å².